The number of aryl methyl sites for hydroxylation is 1. The number of fused-ring (bicyclic) bond motifs is 1. The van der Waals surface area contributed by atoms with Crippen LogP contribution in [0.2, 0.25) is 0 Å². The van der Waals surface area contributed by atoms with Crippen molar-refractivity contribution in [3.05, 3.63) is 35.8 Å². The molecule has 0 aliphatic carbocycles. The van der Waals surface area contributed by atoms with E-state index in [-0.39, 0.29) is 6.10 Å². The Morgan fingerprint density at radius 1 is 1.50 bits per heavy atom. The second-order valence-corrected chi connectivity index (χ2v) is 4.12. The topological polar surface area (TPSA) is 38.6 Å². The molecule has 0 radical (unpaired) electrons. The van der Waals surface area contributed by atoms with Crippen LogP contribution in [0.15, 0.2) is 24.4 Å². The first kappa shape index (κ1) is 9.81. The van der Waals surface area contributed by atoms with Crippen molar-refractivity contribution in [2.75, 3.05) is 19.7 Å². The summed E-state index contributed by atoms with van der Waals surface area (Å²) in [5.41, 5.74) is 3.20. The Bertz CT molecular complexity index is 500. The Morgan fingerprint density at radius 3 is 3.19 bits per heavy atom. The van der Waals surface area contributed by atoms with Crippen LogP contribution in [-0.4, -0.2) is 29.1 Å². The van der Waals surface area contributed by atoms with Crippen LogP contribution in [0.1, 0.15) is 17.5 Å². The Hall–Kier alpha value is -1.39. The molecule has 3 heterocycles. The van der Waals surface area contributed by atoms with Crippen LogP contribution in [0.25, 0.3) is 5.65 Å². The van der Waals surface area contributed by atoms with Crippen LogP contribution < -0.4 is 5.32 Å². The van der Waals surface area contributed by atoms with Gasteiger partial charge in [0.2, 0.25) is 0 Å². The highest BCUT2D eigenvalue weighted by atomic mass is 16.5. The molecule has 0 spiro atoms. The van der Waals surface area contributed by atoms with Gasteiger partial charge >= 0.3 is 0 Å². The highest BCUT2D eigenvalue weighted by Crippen LogP contribution is 2.19. The fraction of sp³-hybridized carbons (Fsp3) is 0.417. The molecule has 16 heavy (non-hydrogen) atoms. The van der Waals surface area contributed by atoms with Crippen molar-refractivity contribution in [3.63, 3.8) is 0 Å². The minimum absolute atomic E-state index is 0.0908. The highest BCUT2D eigenvalue weighted by Gasteiger charge is 2.18. The summed E-state index contributed by atoms with van der Waals surface area (Å²) in [6.07, 6.45) is 2.16. The Labute approximate surface area is 94.3 Å². The van der Waals surface area contributed by atoms with Gasteiger partial charge in [-0.1, -0.05) is 6.07 Å². The molecule has 1 fully saturated rings. The SMILES string of the molecule is Cc1cccc2nc([C@@H]3CNCCO3)cn12. The van der Waals surface area contributed by atoms with Gasteiger partial charge in [-0.25, -0.2) is 4.98 Å². The number of hydrogen-bond donors (Lipinski definition) is 1. The molecule has 1 aliphatic rings. The van der Waals surface area contributed by atoms with Crippen molar-refractivity contribution in [3.8, 4) is 0 Å². The molecule has 0 bridgehead atoms. The number of rotatable bonds is 1. The van der Waals surface area contributed by atoms with Crippen LogP contribution >= 0.6 is 0 Å². The van der Waals surface area contributed by atoms with E-state index in [4.69, 9.17) is 4.74 Å². The lowest BCUT2D eigenvalue weighted by Gasteiger charge is -2.21. The molecule has 2 aromatic heterocycles. The molecule has 0 aromatic carbocycles. The Kier molecular flexibility index (Phi) is 2.38. The second-order valence-electron chi connectivity index (χ2n) is 4.12. The van der Waals surface area contributed by atoms with E-state index in [0.717, 1.165) is 31.0 Å². The van der Waals surface area contributed by atoms with Crippen LogP contribution in [0.3, 0.4) is 0 Å². The van der Waals surface area contributed by atoms with Crippen LogP contribution in [0.5, 0.6) is 0 Å². The maximum absolute atomic E-state index is 5.70. The van der Waals surface area contributed by atoms with Gasteiger partial charge in [0.1, 0.15) is 11.8 Å². The molecule has 3 rings (SSSR count). The monoisotopic (exact) mass is 217 g/mol. The molecule has 0 unspecified atom stereocenters. The van der Waals surface area contributed by atoms with Gasteiger partial charge in [0, 0.05) is 25.0 Å². The largest absolute Gasteiger partial charge is 0.369 e. The van der Waals surface area contributed by atoms with Gasteiger partial charge < -0.3 is 14.5 Å². The first-order valence-corrected chi connectivity index (χ1v) is 5.61. The van der Waals surface area contributed by atoms with Crippen LogP contribution in [0.4, 0.5) is 0 Å². The Balaban J connectivity index is 2.01. The number of aromatic nitrogens is 2. The molecule has 4 nitrogen and oxygen atoms in total. The van der Waals surface area contributed by atoms with E-state index in [2.05, 4.69) is 33.9 Å². The molecule has 84 valence electrons. The number of pyridine rings is 1. The van der Waals surface area contributed by atoms with Gasteiger partial charge in [-0.2, -0.15) is 0 Å². The fourth-order valence-corrected chi connectivity index (χ4v) is 2.08. The normalized spacial score (nSPS) is 21.4. The minimum Gasteiger partial charge on any atom is -0.369 e. The number of imidazole rings is 1. The van der Waals surface area contributed by atoms with E-state index in [1.54, 1.807) is 0 Å². The Morgan fingerprint density at radius 2 is 2.44 bits per heavy atom. The number of nitrogens with zero attached hydrogens (tertiary/aromatic N) is 2. The second kappa shape index (κ2) is 3.88. The van der Waals surface area contributed by atoms with Crippen molar-refractivity contribution in [1.82, 2.24) is 14.7 Å². The highest BCUT2D eigenvalue weighted by molar-refractivity contribution is 5.42. The molecule has 1 N–H and O–H groups in total. The molecule has 4 heteroatoms. The lowest BCUT2D eigenvalue weighted by Crippen LogP contribution is -2.33. The average molecular weight is 217 g/mol. The van der Waals surface area contributed by atoms with Crippen molar-refractivity contribution >= 4 is 5.65 Å². The first-order chi connectivity index (χ1) is 7.84. The standard InChI is InChI=1S/C12H15N3O/c1-9-3-2-4-12-14-10(8-15(9)12)11-7-13-5-6-16-11/h2-4,8,11,13H,5-7H2,1H3/t11-/m0/s1. The summed E-state index contributed by atoms with van der Waals surface area (Å²) in [6.45, 7) is 4.63. The average Bonchev–Trinajstić information content (AvgIpc) is 2.76. The molecule has 0 saturated carbocycles. The van der Waals surface area contributed by atoms with Gasteiger partial charge in [-0.15, -0.1) is 0 Å². The van der Waals surface area contributed by atoms with E-state index < -0.39 is 0 Å². The number of morpholine rings is 1. The van der Waals surface area contributed by atoms with Gasteiger partial charge in [0.15, 0.2) is 0 Å². The maximum atomic E-state index is 5.70. The van der Waals surface area contributed by atoms with Gasteiger partial charge in [0.25, 0.3) is 0 Å². The molecule has 1 atom stereocenters. The van der Waals surface area contributed by atoms with Gasteiger partial charge in [0.05, 0.1) is 12.3 Å². The van der Waals surface area contributed by atoms with E-state index in [1.165, 1.54) is 5.69 Å². The summed E-state index contributed by atoms with van der Waals surface area (Å²) in [7, 11) is 0. The third-order valence-electron chi connectivity index (χ3n) is 2.97. The zero-order valence-corrected chi connectivity index (χ0v) is 9.31. The van der Waals surface area contributed by atoms with Gasteiger partial charge in [-0.3, -0.25) is 0 Å². The number of hydrogen-bond acceptors (Lipinski definition) is 3. The molecular weight excluding hydrogens is 202 g/mol. The molecule has 0 amide bonds. The summed E-state index contributed by atoms with van der Waals surface area (Å²) < 4.78 is 7.80. The zero-order chi connectivity index (χ0) is 11.0. The first-order valence-electron chi connectivity index (χ1n) is 5.61. The quantitative estimate of drug-likeness (QED) is 0.782. The van der Waals surface area contributed by atoms with Crippen LogP contribution in [0, 0.1) is 6.92 Å². The summed E-state index contributed by atoms with van der Waals surface area (Å²) in [5, 5.41) is 3.32. The van der Waals surface area contributed by atoms with Gasteiger partial charge in [-0.05, 0) is 19.1 Å². The van der Waals surface area contributed by atoms with Crippen molar-refractivity contribution < 1.29 is 4.74 Å². The van der Waals surface area contributed by atoms with Crippen molar-refractivity contribution in [2.45, 2.75) is 13.0 Å². The molecule has 1 saturated heterocycles. The predicted molar refractivity (Wildman–Crippen MR) is 61.5 cm³/mol. The van der Waals surface area contributed by atoms with Crippen molar-refractivity contribution in [1.29, 1.82) is 0 Å². The zero-order valence-electron chi connectivity index (χ0n) is 9.31. The van der Waals surface area contributed by atoms with E-state index in [0.29, 0.717) is 0 Å². The predicted octanol–water partition coefficient (Wildman–Crippen LogP) is 1.30. The summed E-state index contributed by atoms with van der Waals surface area (Å²) >= 11 is 0. The number of nitrogens with one attached hydrogen (secondary N) is 1. The van der Waals surface area contributed by atoms with Crippen molar-refractivity contribution in [2.24, 2.45) is 0 Å². The fourth-order valence-electron chi connectivity index (χ4n) is 2.08. The molecule has 2 aromatic rings. The van der Waals surface area contributed by atoms with E-state index in [9.17, 15) is 0 Å². The van der Waals surface area contributed by atoms with E-state index >= 15 is 0 Å². The lowest BCUT2D eigenvalue weighted by molar-refractivity contribution is 0.0253. The molecule has 1 aliphatic heterocycles. The van der Waals surface area contributed by atoms with E-state index in [1.807, 2.05) is 12.1 Å². The maximum Gasteiger partial charge on any atom is 0.137 e. The number of ether oxygens (including phenoxy) is 1. The minimum atomic E-state index is 0.0908. The summed E-state index contributed by atoms with van der Waals surface area (Å²) in [5.74, 6) is 0. The smallest absolute Gasteiger partial charge is 0.137 e. The van der Waals surface area contributed by atoms with Crippen LogP contribution in [-0.2, 0) is 4.74 Å². The lowest BCUT2D eigenvalue weighted by atomic mass is 10.2. The third-order valence-corrected chi connectivity index (χ3v) is 2.97. The summed E-state index contributed by atoms with van der Waals surface area (Å²) in [6, 6.07) is 6.13. The molecular formula is C12H15N3O. The summed E-state index contributed by atoms with van der Waals surface area (Å²) in [4.78, 5) is 4.60. The third kappa shape index (κ3) is 1.60.